The Hall–Kier alpha value is -3.74. The molecule has 2 unspecified atom stereocenters. The van der Waals surface area contributed by atoms with Crippen molar-refractivity contribution in [2.75, 3.05) is 11.4 Å². The van der Waals surface area contributed by atoms with Gasteiger partial charge in [-0.25, -0.2) is 19.0 Å². The van der Waals surface area contributed by atoms with Gasteiger partial charge in [0.15, 0.2) is 5.67 Å². The summed E-state index contributed by atoms with van der Waals surface area (Å²) >= 11 is 0. The molecule has 1 N–H and O–H groups in total. The number of aryl methyl sites for hydroxylation is 2. The number of fused-ring (bicyclic) bond motifs is 10. The normalized spacial score (nSPS) is 23.8. The van der Waals surface area contributed by atoms with Crippen molar-refractivity contribution < 1.29 is 4.39 Å². The van der Waals surface area contributed by atoms with Gasteiger partial charge in [-0.3, -0.25) is 0 Å². The molecule has 2 atom stereocenters. The van der Waals surface area contributed by atoms with Gasteiger partial charge in [-0.05, 0) is 61.6 Å². The molecule has 1 aliphatic carbocycles. The van der Waals surface area contributed by atoms with Crippen LogP contribution in [-0.2, 0) is 30.5 Å². The fourth-order valence-electron chi connectivity index (χ4n) is 6.54. The van der Waals surface area contributed by atoms with Crippen molar-refractivity contribution in [2.45, 2.75) is 58.2 Å². The lowest BCUT2D eigenvalue weighted by Crippen LogP contribution is -2.41. The van der Waals surface area contributed by atoms with Gasteiger partial charge in [0.05, 0.1) is 28.2 Å². The van der Waals surface area contributed by atoms with Gasteiger partial charge in [0.25, 0.3) is 0 Å². The second kappa shape index (κ2) is 7.15. The maximum absolute atomic E-state index is 16.1. The Balaban J connectivity index is 1.51. The van der Waals surface area contributed by atoms with Crippen LogP contribution < -0.4 is 4.90 Å². The minimum atomic E-state index is -1.59. The largest absolute Gasteiger partial charge is 0.362 e. The number of anilines is 1. The molecule has 7 rings (SSSR count). The maximum Gasteiger partial charge on any atom is 0.225 e. The summed E-state index contributed by atoms with van der Waals surface area (Å²) in [6.45, 7) is 9.54. The quantitative estimate of drug-likeness (QED) is 0.422. The van der Waals surface area contributed by atoms with E-state index in [2.05, 4.69) is 56.6 Å². The topological polar surface area (TPSA) is 62.6 Å². The second-order valence-corrected chi connectivity index (χ2v) is 10.6. The molecule has 6 nitrogen and oxygen atoms in total. The van der Waals surface area contributed by atoms with Crippen LogP contribution in [0.1, 0.15) is 65.7 Å². The van der Waals surface area contributed by atoms with Crippen LogP contribution in [0.15, 0.2) is 48.9 Å². The second-order valence-electron chi connectivity index (χ2n) is 10.6. The Morgan fingerprint density at radius 2 is 1.94 bits per heavy atom. The zero-order valence-electron chi connectivity index (χ0n) is 21.1. The highest BCUT2D eigenvalue weighted by Gasteiger charge is 2.52. The molecule has 0 saturated heterocycles. The van der Waals surface area contributed by atoms with E-state index in [1.54, 1.807) is 6.92 Å². The summed E-state index contributed by atoms with van der Waals surface area (Å²) in [5.74, 6) is 0.736. The van der Waals surface area contributed by atoms with E-state index in [9.17, 15) is 0 Å². The Bertz CT molecular complexity index is 1560. The standard InChI is InChI=1S/C29H29FN6/c1-5-18-7-6-8-19-22-13-28(3,30)25-21(9-11-31-25)29(22,4)26-20-16-35(27-32-14-17(2)15-33-27)12-10-23(20)34-36(26)24(18)19/h6-9,11,13-15,31H,5,10,12,16H2,1-4H3. The molecule has 2 aliphatic heterocycles. The van der Waals surface area contributed by atoms with Crippen molar-refractivity contribution >= 4 is 11.5 Å². The van der Waals surface area contributed by atoms with Crippen LogP contribution in [0, 0.1) is 6.92 Å². The maximum atomic E-state index is 16.1. The lowest BCUT2D eigenvalue weighted by atomic mass is 9.62. The van der Waals surface area contributed by atoms with Crippen molar-refractivity contribution in [1.82, 2.24) is 24.7 Å². The monoisotopic (exact) mass is 480 g/mol. The molecule has 0 saturated carbocycles. The molecule has 0 bridgehead atoms. The van der Waals surface area contributed by atoms with Crippen molar-refractivity contribution in [2.24, 2.45) is 0 Å². The lowest BCUT2D eigenvalue weighted by Gasteiger charge is -2.44. The number of nitrogens with one attached hydrogen (secondary N) is 1. The van der Waals surface area contributed by atoms with Crippen LogP contribution in [0.2, 0.25) is 0 Å². The highest BCUT2D eigenvalue weighted by Crippen LogP contribution is 2.57. The van der Waals surface area contributed by atoms with E-state index in [0.717, 1.165) is 64.7 Å². The summed E-state index contributed by atoms with van der Waals surface area (Å²) in [5.41, 5.74) is 8.34. The molecule has 36 heavy (non-hydrogen) atoms. The summed E-state index contributed by atoms with van der Waals surface area (Å²) in [4.78, 5) is 14.7. The van der Waals surface area contributed by atoms with E-state index in [-0.39, 0.29) is 0 Å². The Morgan fingerprint density at radius 3 is 2.72 bits per heavy atom. The van der Waals surface area contributed by atoms with Crippen LogP contribution in [0.3, 0.4) is 0 Å². The van der Waals surface area contributed by atoms with E-state index in [1.807, 2.05) is 37.7 Å². The Kier molecular flexibility index (Phi) is 4.28. The first-order valence-electron chi connectivity index (χ1n) is 12.7. The predicted octanol–water partition coefficient (Wildman–Crippen LogP) is 5.33. The van der Waals surface area contributed by atoms with Crippen LogP contribution in [0.4, 0.5) is 10.3 Å². The average molecular weight is 481 g/mol. The van der Waals surface area contributed by atoms with Gasteiger partial charge in [-0.1, -0.05) is 25.1 Å². The molecule has 3 aliphatic rings. The first-order valence-corrected chi connectivity index (χ1v) is 12.7. The molecule has 0 radical (unpaired) electrons. The summed E-state index contributed by atoms with van der Waals surface area (Å²) in [6.07, 6.45) is 9.12. The third-order valence-corrected chi connectivity index (χ3v) is 8.29. The van der Waals surface area contributed by atoms with Gasteiger partial charge in [-0.2, -0.15) is 5.10 Å². The van der Waals surface area contributed by atoms with Gasteiger partial charge in [0, 0.05) is 49.2 Å². The van der Waals surface area contributed by atoms with E-state index in [4.69, 9.17) is 5.10 Å². The molecule has 0 spiro atoms. The van der Waals surface area contributed by atoms with Gasteiger partial charge in [0.1, 0.15) is 0 Å². The Labute approximate surface area is 209 Å². The number of rotatable bonds is 2. The summed E-state index contributed by atoms with van der Waals surface area (Å²) < 4.78 is 18.3. The van der Waals surface area contributed by atoms with E-state index >= 15 is 4.39 Å². The zero-order chi connectivity index (χ0) is 24.8. The summed E-state index contributed by atoms with van der Waals surface area (Å²) in [6, 6.07) is 8.43. The Morgan fingerprint density at radius 1 is 1.14 bits per heavy atom. The fourth-order valence-corrected chi connectivity index (χ4v) is 6.54. The third kappa shape index (κ3) is 2.68. The summed E-state index contributed by atoms with van der Waals surface area (Å²) in [5, 5.41) is 5.23. The SMILES string of the molecule is CCc1cccc2c1-n1nc3c(c1C1(C)C2=CC(C)(F)c2[nH]ccc21)CN(c1ncc(C)cn1)CC3. The van der Waals surface area contributed by atoms with Crippen LogP contribution >= 0.6 is 0 Å². The molecule has 0 fully saturated rings. The van der Waals surface area contributed by atoms with Gasteiger partial charge in [-0.15, -0.1) is 0 Å². The highest BCUT2D eigenvalue weighted by atomic mass is 19.1. The molecule has 1 aromatic carbocycles. The minimum absolute atomic E-state index is 0.544. The van der Waals surface area contributed by atoms with Gasteiger partial charge in [0.2, 0.25) is 5.95 Å². The highest BCUT2D eigenvalue weighted by molar-refractivity contribution is 5.89. The number of alkyl halides is 1. The molecule has 4 aromatic rings. The molecule has 3 aromatic heterocycles. The fraction of sp³-hybridized carbons (Fsp3) is 0.345. The number of H-pyrrole nitrogens is 1. The number of aromatic nitrogens is 5. The van der Waals surface area contributed by atoms with E-state index < -0.39 is 11.1 Å². The van der Waals surface area contributed by atoms with Crippen LogP contribution in [0.5, 0.6) is 0 Å². The van der Waals surface area contributed by atoms with Crippen LogP contribution in [-0.4, -0.2) is 31.3 Å². The molecule has 5 heterocycles. The first kappa shape index (κ1) is 21.5. The number of halogens is 1. The minimum Gasteiger partial charge on any atom is -0.362 e. The molecule has 7 heteroatoms. The molecular formula is C29H29FN6. The smallest absolute Gasteiger partial charge is 0.225 e. The van der Waals surface area contributed by atoms with Crippen LogP contribution in [0.25, 0.3) is 11.3 Å². The number of allylic oxidation sites excluding steroid dienone is 2. The molecule has 0 amide bonds. The number of para-hydroxylation sites is 1. The zero-order valence-corrected chi connectivity index (χ0v) is 21.1. The number of nitrogens with zero attached hydrogens (tertiary/aromatic N) is 5. The third-order valence-electron chi connectivity index (χ3n) is 8.29. The molecular weight excluding hydrogens is 451 g/mol. The van der Waals surface area contributed by atoms with Crippen molar-refractivity contribution in [3.8, 4) is 5.69 Å². The first-order chi connectivity index (χ1) is 17.3. The summed E-state index contributed by atoms with van der Waals surface area (Å²) in [7, 11) is 0. The van der Waals surface area contributed by atoms with E-state index in [1.165, 1.54) is 11.1 Å². The van der Waals surface area contributed by atoms with Crippen molar-refractivity contribution in [3.63, 3.8) is 0 Å². The average Bonchev–Trinajstić information content (AvgIpc) is 3.52. The van der Waals surface area contributed by atoms with Crippen molar-refractivity contribution in [3.05, 3.63) is 93.8 Å². The van der Waals surface area contributed by atoms with Gasteiger partial charge >= 0.3 is 0 Å². The number of hydrogen-bond acceptors (Lipinski definition) is 4. The number of aromatic amines is 1. The lowest BCUT2D eigenvalue weighted by molar-refractivity contribution is 0.248. The van der Waals surface area contributed by atoms with Crippen molar-refractivity contribution in [1.29, 1.82) is 0 Å². The molecule has 182 valence electrons. The van der Waals surface area contributed by atoms with E-state index in [0.29, 0.717) is 12.2 Å². The van der Waals surface area contributed by atoms with Gasteiger partial charge < -0.3 is 9.88 Å². The number of hydrogen-bond donors (Lipinski definition) is 1. The predicted molar refractivity (Wildman–Crippen MR) is 138 cm³/mol. The number of benzene rings is 1.